The van der Waals surface area contributed by atoms with Crippen LogP contribution in [0, 0.1) is 0 Å². The third-order valence-corrected chi connectivity index (χ3v) is 3.42. The summed E-state index contributed by atoms with van der Waals surface area (Å²) in [6.45, 7) is 5.83. The summed E-state index contributed by atoms with van der Waals surface area (Å²) in [6, 6.07) is 3.79. The van der Waals surface area contributed by atoms with Gasteiger partial charge in [-0.05, 0) is 38.1 Å². The van der Waals surface area contributed by atoms with Gasteiger partial charge in [0, 0.05) is 12.6 Å². The average molecular weight is 252 g/mol. The highest BCUT2D eigenvalue weighted by Crippen LogP contribution is 2.16. The van der Waals surface area contributed by atoms with Gasteiger partial charge in [0.1, 0.15) is 5.76 Å². The molecule has 5 nitrogen and oxygen atoms in total. The number of nitrogens with one attached hydrogen (secondary N) is 1. The number of hydrogen-bond donors (Lipinski definition) is 2. The lowest BCUT2D eigenvalue weighted by molar-refractivity contribution is 0.0656. The highest BCUT2D eigenvalue weighted by Gasteiger charge is 2.21. The van der Waals surface area contributed by atoms with Crippen LogP contribution in [0.1, 0.15) is 36.1 Å². The van der Waals surface area contributed by atoms with Crippen LogP contribution in [0.2, 0.25) is 0 Å². The molecule has 0 radical (unpaired) electrons. The van der Waals surface area contributed by atoms with Crippen LogP contribution in [-0.2, 0) is 6.54 Å². The summed E-state index contributed by atoms with van der Waals surface area (Å²) in [7, 11) is 0. The van der Waals surface area contributed by atoms with Crippen LogP contribution in [0.15, 0.2) is 16.5 Å². The molecule has 1 aliphatic heterocycles. The van der Waals surface area contributed by atoms with E-state index < -0.39 is 5.97 Å². The Balaban J connectivity index is 1.97. The molecular weight excluding hydrogens is 232 g/mol. The summed E-state index contributed by atoms with van der Waals surface area (Å²) in [5.74, 6) is -0.272. The van der Waals surface area contributed by atoms with Gasteiger partial charge in [-0.2, -0.15) is 0 Å². The van der Waals surface area contributed by atoms with Crippen LogP contribution < -0.4 is 5.32 Å². The van der Waals surface area contributed by atoms with Crippen molar-refractivity contribution in [1.82, 2.24) is 10.2 Å². The van der Waals surface area contributed by atoms with E-state index in [0.717, 1.165) is 25.4 Å². The molecule has 0 aliphatic carbocycles. The van der Waals surface area contributed by atoms with Gasteiger partial charge in [0.2, 0.25) is 5.76 Å². The summed E-state index contributed by atoms with van der Waals surface area (Å²) >= 11 is 0. The number of carboxylic acid groups (broad SMARTS) is 1. The van der Waals surface area contributed by atoms with Gasteiger partial charge in [-0.1, -0.05) is 6.92 Å². The van der Waals surface area contributed by atoms with Crippen molar-refractivity contribution >= 4 is 5.97 Å². The molecule has 1 aromatic rings. The molecule has 0 bridgehead atoms. The number of hydrogen-bond acceptors (Lipinski definition) is 4. The Bertz CT molecular complexity index is 397. The zero-order valence-corrected chi connectivity index (χ0v) is 10.7. The second-order valence-electron chi connectivity index (χ2n) is 4.63. The maximum Gasteiger partial charge on any atom is 0.371 e. The number of carbonyl (C=O) groups is 1. The SMILES string of the molecule is CCN(Cc1ccc(C(=O)O)o1)C1CCCNC1. The molecule has 1 fully saturated rings. The van der Waals surface area contributed by atoms with Gasteiger partial charge in [0.25, 0.3) is 0 Å². The van der Waals surface area contributed by atoms with Crippen molar-refractivity contribution in [2.75, 3.05) is 19.6 Å². The standard InChI is InChI=1S/C13H20N2O3/c1-2-15(10-4-3-7-14-8-10)9-11-5-6-12(18-11)13(16)17/h5-6,10,14H,2-4,7-9H2,1H3,(H,16,17). The van der Waals surface area contributed by atoms with E-state index in [-0.39, 0.29) is 5.76 Å². The van der Waals surface area contributed by atoms with Gasteiger partial charge in [0.05, 0.1) is 6.54 Å². The van der Waals surface area contributed by atoms with Crippen LogP contribution in [0.5, 0.6) is 0 Å². The first-order valence-corrected chi connectivity index (χ1v) is 6.47. The molecule has 100 valence electrons. The third kappa shape index (κ3) is 3.11. The molecule has 0 amide bonds. The van der Waals surface area contributed by atoms with E-state index in [1.54, 1.807) is 6.07 Å². The highest BCUT2D eigenvalue weighted by atomic mass is 16.4. The van der Waals surface area contributed by atoms with Gasteiger partial charge in [-0.15, -0.1) is 0 Å². The molecule has 5 heteroatoms. The van der Waals surface area contributed by atoms with Crippen molar-refractivity contribution in [2.45, 2.75) is 32.4 Å². The second kappa shape index (κ2) is 6.02. The van der Waals surface area contributed by atoms with Crippen molar-refractivity contribution in [1.29, 1.82) is 0 Å². The molecule has 1 atom stereocenters. The van der Waals surface area contributed by atoms with Gasteiger partial charge in [-0.3, -0.25) is 4.90 Å². The Morgan fingerprint density at radius 3 is 3.00 bits per heavy atom. The topological polar surface area (TPSA) is 65.7 Å². The van der Waals surface area contributed by atoms with E-state index in [9.17, 15) is 4.79 Å². The molecule has 1 aromatic heterocycles. The van der Waals surface area contributed by atoms with Crippen LogP contribution in [-0.4, -0.2) is 41.7 Å². The predicted molar refractivity (Wildman–Crippen MR) is 67.6 cm³/mol. The Hall–Kier alpha value is -1.33. The van der Waals surface area contributed by atoms with Gasteiger partial charge < -0.3 is 14.8 Å². The lowest BCUT2D eigenvalue weighted by atomic mass is 10.1. The fourth-order valence-electron chi connectivity index (χ4n) is 2.42. The monoisotopic (exact) mass is 252 g/mol. The van der Waals surface area contributed by atoms with Crippen LogP contribution in [0.4, 0.5) is 0 Å². The second-order valence-corrected chi connectivity index (χ2v) is 4.63. The van der Waals surface area contributed by atoms with E-state index in [4.69, 9.17) is 9.52 Å². The summed E-state index contributed by atoms with van der Waals surface area (Å²) in [6.07, 6.45) is 2.38. The van der Waals surface area contributed by atoms with E-state index in [1.165, 1.54) is 18.9 Å². The molecule has 0 aromatic carbocycles. The van der Waals surface area contributed by atoms with Gasteiger partial charge in [0.15, 0.2) is 0 Å². The molecule has 18 heavy (non-hydrogen) atoms. The molecular formula is C13H20N2O3. The van der Waals surface area contributed by atoms with E-state index in [0.29, 0.717) is 12.6 Å². The fraction of sp³-hybridized carbons (Fsp3) is 0.615. The predicted octanol–water partition coefficient (Wildman–Crippen LogP) is 1.55. The Kier molecular flexibility index (Phi) is 4.38. The highest BCUT2D eigenvalue weighted by molar-refractivity contribution is 5.84. The molecule has 2 heterocycles. The zero-order valence-electron chi connectivity index (χ0n) is 10.7. The summed E-state index contributed by atoms with van der Waals surface area (Å²) in [5.41, 5.74) is 0. The molecule has 1 aliphatic rings. The van der Waals surface area contributed by atoms with Crippen LogP contribution >= 0.6 is 0 Å². The minimum Gasteiger partial charge on any atom is -0.475 e. The number of rotatable bonds is 5. The number of piperidine rings is 1. The summed E-state index contributed by atoms with van der Waals surface area (Å²) in [4.78, 5) is 13.1. The maximum absolute atomic E-state index is 10.8. The van der Waals surface area contributed by atoms with E-state index in [1.807, 2.05) is 0 Å². The van der Waals surface area contributed by atoms with Crippen LogP contribution in [0.3, 0.4) is 0 Å². The quantitative estimate of drug-likeness (QED) is 0.832. The number of aromatic carboxylic acids is 1. The molecule has 2 rings (SSSR count). The molecule has 0 spiro atoms. The lowest BCUT2D eigenvalue weighted by Gasteiger charge is -2.33. The minimum absolute atomic E-state index is 0.0165. The normalized spacial score (nSPS) is 20.2. The summed E-state index contributed by atoms with van der Waals surface area (Å²) < 4.78 is 5.31. The minimum atomic E-state index is -1.01. The van der Waals surface area contributed by atoms with E-state index in [2.05, 4.69) is 17.1 Å². The molecule has 1 saturated heterocycles. The number of nitrogens with zero attached hydrogens (tertiary/aromatic N) is 1. The average Bonchev–Trinajstić information content (AvgIpc) is 2.86. The summed E-state index contributed by atoms with van der Waals surface area (Å²) in [5, 5.41) is 12.2. The largest absolute Gasteiger partial charge is 0.475 e. The first kappa shape index (κ1) is 13.1. The van der Waals surface area contributed by atoms with Gasteiger partial charge >= 0.3 is 5.97 Å². The van der Waals surface area contributed by atoms with Crippen molar-refractivity contribution < 1.29 is 14.3 Å². The van der Waals surface area contributed by atoms with Crippen molar-refractivity contribution in [3.63, 3.8) is 0 Å². The number of furan rings is 1. The first-order valence-electron chi connectivity index (χ1n) is 6.47. The van der Waals surface area contributed by atoms with E-state index >= 15 is 0 Å². The van der Waals surface area contributed by atoms with Crippen LogP contribution in [0.25, 0.3) is 0 Å². The Morgan fingerprint density at radius 2 is 2.44 bits per heavy atom. The first-order chi connectivity index (χ1) is 8.70. The zero-order chi connectivity index (χ0) is 13.0. The lowest BCUT2D eigenvalue weighted by Crippen LogP contribution is -2.45. The Labute approximate surface area is 107 Å². The number of carboxylic acids is 1. The molecule has 1 unspecified atom stereocenters. The van der Waals surface area contributed by atoms with Crippen molar-refractivity contribution in [2.24, 2.45) is 0 Å². The Morgan fingerprint density at radius 1 is 1.61 bits per heavy atom. The molecule has 0 saturated carbocycles. The smallest absolute Gasteiger partial charge is 0.371 e. The van der Waals surface area contributed by atoms with Gasteiger partial charge in [-0.25, -0.2) is 4.79 Å². The fourth-order valence-corrected chi connectivity index (χ4v) is 2.42. The van der Waals surface area contributed by atoms with Crippen molar-refractivity contribution in [3.8, 4) is 0 Å². The molecule has 2 N–H and O–H groups in total. The van der Waals surface area contributed by atoms with Crippen molar-refractivity contribution in [3.05, 3.63) is 23.7 Å². The maximum atomic E-state index is 10.8. The number of likely N-dealkylation sites (N-methyl/N-ethyl adjacent to an activating group) is 1. The third-order valence-electron chi connectivity index (χ3n) is 3.42.